The molecule has 0 aromatic heterocycles. The van der Waals surface area contributed by atoms with Crippen LogP contribution >= 0.6 is 0 Å². The highest BCUT2D eigenvalue weighted by Gasteiger charge is 2.45. The summed E-state index contributed by atoms with van der Waals surface area (Å²) in [7, 11) is 0. The highest BCUT2D eigenvalue weighted by atomic mass is 16.1. The molecule has 148 valence electrons. The SMILES string of the molecule is CCCC(C)N1CCCC[C@]1(CN)C(=O)Cc1ccc2c(c1)CCCC2=O. The number of benzene rings is 1. The number of ketones is 2. The van der Waals surface area contributed by atoms with Gasteiger partial charge in [0.05, 0.1) is 5.54 Å². The molecular formula is C23H34N2O2. The van der Waals surface area contributed by atoms with Crippen molar-refractivity contribution in [3.63, 3.8) is 0 Å². The Morgan fingerprint density at radius 1 is 1.26 bits per heavy atom. The number of nitrogens with two attached hydrogens (primary N) is 1. The van der Waals surface area contributed by atoms with Crippen LogP contribution in [-0.4, -0.2) is 41.1 Å². The molecule has 1 saturated heterocycles. The molecule has 0 amide bonds. The molecule has 0 spiro atoms. The molecule has 0 radical (unpaired) electrons. The van der Waals surface area contributed by atoms with Crippen LogP contribution in [0.1, 0.15) is 80.3 Å². The lowest BCUT2D eigenvalue weighted by molar-refractivity contribution is -0.134. The number of carbonyl (C=O) groups excluding carboxylic acids is 2. The van der Waals surface area contributed by atoms with Gasteiger partial charge in [0.25, 0.3) is 0 Å². The summed E-state index contributed by atoms with van der Waals surface area (Å²) in [6, 6.07) is 6.35. The number of piperidine rings is 1. The molecule has 1 aromatic carbocycles. The van der Waals surface area contributed by atoms with Crippen molar-refractivity contribution < 1.29 is 9.59 Å². The number of fused-ring (bicyclic) bond motifs is 1. The van der Waals surface area contributed by atoms with Crippen molar-refractivity contribution in [1.29, 1.82) is 0 Å². The third-order valence-corrected chi connectivity index (χ3v) is 6.57. The number of rotatable bonds is 7. The van der Waals surface area contributed by atoms with Gasteiger partial charge < -0.3 is 5.73 Å². The van der Waals surface area contributed by atoms with Crippen LogP contribution in [0.3, 0.4) is 0 Å². The standard InChI is InChI=1S/C23H34N2O2/c1-3-7-17(2)25-13-5-4-12-23(25,16-24)22(27)15-18-10-11-20-19(14-18)8-6-9-21(20)26/h10-11,14,17H,3-9,12-13,15-16,24H2,1-2H3/t17?,23-/m0/s1. The van der Waals surface area contributed by atoms with Gasteiger partial charge in [-0.3, -0.25) is 14.5 Å². The summed E-state index contributed by atoms with van der Waals surface area (Å²) in [4.78, 5) is 27.9. The summed E-state index contributed by atoms with van der Waals surface area (Å²) >= 11 is 0. The van der Waals surface area contributed by atoms with Crippen molar-refractivity contribution in [3.8, 4) is 0 Å². The third-order valence-electron chi connectivity index (χ3n) is 6.57. The number of hydrogen-bond donors (Lipinski definition) is 1. The van der Waals surface area contributed by atoms with Gasteiger partial charge in [0.1, 0.15) is 0 Å². The van der Waals surface area contributed by atoms with Crippen molar-refractivity contribution >= 4 is 11.6 Å². The second-order valence-corrected chi connectivity index (χ2v) is 8.39. The Kier molecular flexibility index (Phi) is 6.48. The van der Waals surface area contributed by atoms with Gasteiger partial charge in [-0.25, -0.2) is 0 Å². The first kappa shape index (κ1) is 20.2. The molecule has 1 heterocycles. The van der Waals surface area contributed by atoms with Crippen molar-refractivity contribution in [1.82, 2.24) is 4.90 Å². The van der Waals surface area contributed by atoms with Gasteiger partial charge in [0.15, 0.2) is 11.6 Å². The average molecular weight is 371 g/mol. The first-order valence-electron chi connectivity index (χ1n) is 10.7. The Labute approximate surface area is 163 Å². The Balaban J connectivity index is 1.82. The predicted octanol–water partition coefficient (Wildman–Crippen LogP) is 3.69. The highest BCUT2D eigenvalue weighted by molar-refractivity contribution is 5.98. The van der Waals surface area contributed by atoms with Crippen LogP contribution in [0.5, 0.6) is 0 Å². The quantitative estimate of drug-likeness (QED) is 0.795. The zero-order chi connectivity index (χ0) is 19.4. The van der Waals surface area contributed by atoms with Crippen molar-refractivity contribution in [2.24, 2.45) is 5.73 Å². The molecule has 1 fully saturated rings. The maximum Gasteiger partial charge on any atom is 0.163 e. The first-order chi connectivity index (χ1) is 13.0. The average Bonchev–Trinajstić information content (AvgIpc) is 2.68. The third kappa shape index (κ3) is 4.02. The van der Waals surface area contributed by atoms with Gasteiger partial charge in [0.2, 0.25) is 0 Å². The fraction of sp³-hybridized carbons (Fsp3) is 0.652. The summed E-state index contributed by atoms with van der Waals surface area (Å²) in [5.41, 5.74) is 8.69. The minimum absolute atomic E-state index is 0.236. The lowest BCUT2D eigenvalue weighted by atomic mass is 9.78. The molecule has 0 bridgehead atoms. The van der Waals surface area contributed by atoms with Gasteiger partial charge in [-0.1, -0.05) is 31.5 Å². The second kappa shape index (κ2) is 8.66. The second-order valence-electron chi connectivity index (χ2n) is 8.39. The van der Waals surface area contributed by atoms with E-state index in [2.05, 4.69) is 24.8 Å². The summed E-state index contributed by atoms with van der Waals surface area (Å²) in [6.07, 6.45) is 8.19. The van der Waals surface area contributed by atoms with Gasteiger partial charge >= 0.3 is 0 Å². The topological polar surface area (TPSA) is 63.4 Å². The Morgan fingerprint density at radius 3 is 2.81 bits per heavy atom. The summed E-state index contributed by atoms with van der Waals surface area (Å²) < 4.78 is 0. The molecule has 2 aliphatic rings. The highest BCUT2D eigenvalue weighted by Crippen LogP contribution is 2.33. The van der Waals surface area contributed by atoms with E-state index in [1.165, 1.54) is 0 Å². The minimum Gasteiger partial charge on any atom is -0.328 e. The van der Waals surface area contributed by atoms with Crippen LogP contribution < -0.4 is 5.73 Å². The van der Waals surface area contributed by atoms with E-state index in [4.69, 9.17) is 5.73 Å². The van der Waals surface area contributed by atoms with Crippen LogP contribution in [0.25, 0.3) is 0 Å². The van der Waals surface area contributed by atoms with E-state index in [0.29, 0.717) is 25.4 Å². The first-order valence-corrected chi connectivity index (χ1v) is 10.7. The smallest absolute Gasteiger partial charge is 0.163 e. The molecule has 1 aliphatic carbocycles. The van der Waals surface area contributed by atoms with E-state index >= 15 is 0 Å². The Morgan fingerprint density at radius 2 is 2.07 bits per heavy atom. The van der Waals surface area contributed by atoms with Crippen LogP contribution in [0.15, 0.2) is 18.2 Å². The number of hydrogen-bond acceptors (Lipinski definition) is 4. The summed E-state index contributed by atoms with van der Waals surface area (Å²) in [5, 5.41) is 0. The Hall–Kier alpha value is -1.52. The molecule has 1 aromatic rings. The largest absolute Gasteiger partial charge is 0.328 e. The predicted molar refractivity (Wildman–Crippen MR) is 109 cm³/mol. The molecule has 1 unspecified atom stereocenters. The van der Waals surface area contributed by atoms with Crippen molar-refractivity contribution in [2.45, 2.75) is 83.2 Å². The van der Waals surface area contributed by atoms with Crippen molar-refractivity contribution in [3.05, 3.63) is 34.9 Å². The number of nitrogens with zero attached hydrogens (tertiary/aromatic N) is 1. The summed E-state index contributed by atoms with van der Waals surface area (Å²) in [6.45, 7) is 5.78. The Bertz CT molecular complexity index is 700. The molecule has 0 saturated carbocycles. The number of aryl methyl sites for hydroxylation is 1. The maximum absolute atomic E-state index is 13.5. The lowest BCUT2D eigenvalue weighted by Gasteiger charge is -2.48. The van der Waals surface area contributed by atoms with Gasteiger partial charge in [-0.15, -0.1) is 0 Å². The normalized spacial score (nSPS) is 24.5. The van der Waals surface area contributed by atoms with E-state index in [9.17, 15) is 9.59 Å². The van der Waals surface area contributed by atoms with Crippen LogP contribution in [0.2, 0.25) is 0 Å². The molecule has 2 N–H and O–H groups in total. The number of Topliss-reactive ketones (excluding diaryl/α,β-unsaturated/α-hetero) is 2. The fourth-order valence-corrected chi connectivity index (χ4v) is 5.07. The fourth-order valence-electron chi connectivity index (χ4n) is 5.07. The lowest BCUT2D eigenvalue weighted by Crippen LogP contribution is -2.64. The van der Waals surface area contributed by atoms with Crippen LogP contribution in [-0.2, 0) is 17.6 Å². The van der Waals surface area contributed by atoms with Crippen LogP contribution in [0.4, 0.5) is 0 Å². The number of carbonyl (C=O) groups is 2. The van der Waals surface area contributed by atoms with Gasteiger partial charge in [-0.2, -0.15) is 0 Å². The van der Waals surface area contributed by atoms with Gasteiger partial charge in [0, 0.05) is 31.0 Å². The van der Waals surface area contributed by atoms with E-state index in [-0.39, 0.29) is 11.6 Å². The summed E-state index contributed by atoms with van der Waals surface area (Å²) in [5.74, 6) is 0.481. The van der Waals surface area contributed by atoms with E-state index < -0.39 is 5.54 Å². The number of likely N-dealkylation sites (tertiary alicyclic amines) is 1. The van der Waals surface area contributed by atoms with E-state index in [1.54, 1.807) is 0 Å². The van der Waals surface area contributed by atoms with Crippen LogP contribution in [0, 0.1) is 0 Å². The molecular weight excluding hydrogens is 336 g/mol. The maximum atomic E-state index is 13.5. The molecule has 4 nitrogen and oxygen atoms in total. The molecule has 1 aliphatic heterocycles. The monoisotopic (exact) mass is 370 g/mol. The molecule has 4 heteroatoms. The van der Waals surface area contributed by atoms with E-state index in [1.807, 2.05) is 12.1 Å². The molecule has 2 atom stereocenters. The van der Waals surface area contributed by atoms with Gasteiger partial charge in [-0.05, 0) is 63.1 Å². The molecule has 27 heavy (non-hydrogen) atoms. The molecule has 3 rings (SSSR count). The van der Waals surface area contributed by atoms with E-state index in [0.717, 1.165) is 68.2 Å². The minimum atomic E-state index is -0.529. The zero-order valence-corrected chi connectivity index (χ0v) is 16.9. The van der Waals surface area contributed by atoms with Crippen molar-refractivity contribution in [2.75, 3.05) is 13.1 Å². The zero-order valence-electron chi connectivity index (χ0n) is 16.9.